The summed E-state index contributed by atoms with van der Waals surface area (Å²) in [5, 5.41) is 10.5. The molecule has 0 bridgehead atoms. The van der Waals surface area contributed by atoms with Gasteiger partial charge in [-0.2, -0.15) is 0 Å². The van der Waals surface area contributed by atoms with Crippen LogP contribution < -0.4 is 0 Å². The van der Waals surface area contributed by atoms with Crippen molar-refractivity contribution in [2.75, 3.05) is 26.7 Å². The van der Waals surface area contributed by atoms with E-state index in [-0.39, 0.29) is 6.61 Å². The predicted molar refractivity (Wildman–Crippen MR) is 88.1 cm³/mol. The molecule has 1 aromatic heterocycles. The minimum Gasteiger partial charge on any atom is -0.392 e. The van der Waals surface area contributed by atoms with E-state index >= 15 is 0 Å². The number of H-pyrrole nitrogens is 1. The van der Waals surface area contributed by atoms with Crippen LogP contribution in [-0.2, 0) is 0 Å². The first kappa shape index (κ1) is 14.1. The number of aliphatic hydroxyl groups excluding tert-OH is 1. The Kier molecular flexibility index (Phi) is 3.95. The van der Waals surface area contributed by atoms with Crippen molar-refractivity contribution in [1.82, 2.24) is 9.88 Å². The summed E-state index contributed by atoms with van der Waals surface area (Å²) in [6, 6.07) is 10.5. The number of aliphatic hydroxyl groups is 1. The summed E-state index contributed by atoms with van der Waals surface area (Å²) in [5.41, 5.74) is 4.65. The molecule has 2 aromatic rings. The number of piperidine rings is 1. The van der Waals surface area contributed by atoms with Crippen LogP contribution in [0.5, 0.6) is 0 Å². The Labute approximate surface area is 125 Å². The highest BCUT2D eigenvalue weighted by Crippen LogP contribution is 2.34. The van der Waals surface area contributed by atoms with Gasteiger partial charge in [0.2, 0.25) is 0 Å². The van der Waals surface area contributed by atoms with Gasteiger partial charge in [0, 0.05) is 23.7 Å². The maximum Gasteiger partial charge on any atom is 0.0615 e. The van der Waals surface area contributed by atoms with Crippen molar-refractivity contribution in [1.29, 1.82) is 0 Å². The minimum absolute atomic E-state index is 0.0969. The van der Waals surface area contributed by atoms with E-state index < -0.39 is 0 Å². The molecule has 0 amide bonds. The van der Waals surface area contributed by atoms with Crippen molar-refractivity contribution in [2.24, 2.45) is 5.92 Å². The van der Waals surface area contributed by atoms with Crippen molar-refractivity contribution in [3.8, 4) is 0 Å². The Hall–Kier alpha value is -1.84. The topological polar surface area (TPSA) is 39.3 Å². The number of nitrogens with zero attached hydrogens (tertiary/aromatic N) is 1. The molecule has 3 nitrogen and oxygen atoms in total. The van der Waals surface area contributed by atoms with Gasteiger partial charge in [-0.1, -0.05) is 36.4 Å². The van der Waals surface area contributed by atoms with Gasteiger partial charge in [0.1, 0.15) is 0 Å². The zero-order valence-electron chi connectivity index (χ0n) is 12.5. The van der Waals surface area contributed by atoms with Crippen LogP contribution in [0.4, 0.5) is 0 Å². The number of benzene rings is 1. The van der Waals surface area contributed by atoms with Crippen LogP contribution in [0.1, 0.15) is 12.1 Å². The average molecular weight is 282 g/mol. The van der Waals surface area contributed by atoms with Gasteiger partial charge in [0.15, 0.2) is 0 Å². The molecule has 21 heavy (non-hydrogen) atoms. The number of para-hydroxylation sites is 1. The van der Waals surface area contributed by atoms with E-state index in [0.717, 1.165) is 36.3 Å². The number of likely N-dealkylation sites (tertiary alicyclic amines) is 1. The molecule has 0 saturated carbocycles. The van der Waals surface area contributed by atoms with E-state index in [4.69, 9.17) is 0 Å². The molecule has 2 N–H and O–H groups in total. The van der Waals surface area contributed by atoms with Gasteiger partial charge in [0.05, 0.1) is 6.61 Å². The highest BCUT2D eigenvalue weighted by molar-refractivity contribution is 5.85. The lowest BCUT2D eigenvalue weighted by molar-refractivity contribution is 0.293. The molecule has 1 saturated heterocycles. The zero-order chi connectivity index (χ0) is 14.8. The quantitative estimate of drug-likeness (QED) is 0.849. The Morgan fingerprint density at radius 2 is 2.29 bits per heavy atom. The number of nitrogens with one attached hydrogen (secondary N) is 1. The van der Waals surface area contributed by atoms with Gasteiger partial charge in [-0.25, -0.2) is 0 Å². The lowest BCUT2D eigenvalue weighted by Gasteiger charge is -2.33. The molecule has 1 aromatic carbocycles. The third-order valence-electron chi connectivity index (χ3n) is 4.35. The van der Waals surface area contributed by atoms with Crippen LogP contribution in [0.3, 0.4) is 0 Å². The van der Waals surface area contributed by atoms with E-state index in [0.29, 0.717) is 5.92 Å². The third kappa shape index (κ3) is 2.80. The first-order valence-electron chi connectivity index (χ1n) is 7.44. The summed E-state index contributed by atoms with van der Waals surface area (Å²) in [6.45, 7) is 6.40. The van der Waals surface area contributed by atoms with Gasteiger partial charge < -0.3 is 15.0 Å². The summed E-state index contributed by atoms with van der Waals surface area (Å²) < 4.78 is 0. The highest BCUT2D eigenvalue weighted by Gasteiger charge is 2.25. The number of rotatable bonds is 3. The normalized spacial score (nSPS) is 22.0. The molecule has 3 rings (SSSR count). The summed E-state index contributed by atoms with van der Waals surface area (Å²) in [5.74, 6) is 0.321. The number of aromatic nitrogens is 1. The molecule has 1 aliphatic rings. The second-order valence-electron chi connectivity index (χ2n) is 5.84. The summed E-state index contributed by atoms with van der Waals surface area (Å²) in [6.07, 6.45) is 2.99. The maximum absolute atomic E-state index is 9.26. The fraction of sp³-hybridized carbons (Fsp3) is 0.333. The highest BCUT2D eigenvalue weighted by atomic mass is 16.2. The van der Waals surface area contributed by atoms with Gasteiger partial charge in [-0.05, 0) is 43.1 Å². The first-order valence-corrected chi connectivity index (χ1v) is 7.44. The Balaban J connectivity index is 1.91. The molecule has 1 aliphatic heterocycles. The maximum atomic E-state index is 9.26. The van der Waals surface area contributed by atoms with Gasteiger partial charge in [-0.3, -0.25) is 0 Å². The average Bonchev–Trinajstić information content (AvgIpc) is 2.91. The van der Waals surface area contributed by atoms with Crippen molar-refractivity contribution in [3.63, 3.8) is 0 Å². The molecule has 1 unspecified atom stereocenters. The number of aromatic amines is 1. The van der Waals surface area contributed by atoms with Crippen LogP contribution in [0.2, 0.25) is 0 Å². The SMILES string of the molecule is C=C(c1cc2ccccc2[nH]1)C1CCN(C)CC1=CCO. The Morgan fingerprint density at radius 1 is 1.48 bits per heavy atom. The molecular formula is C18H22N2O. The van der Waals surface area contributed by atoms with Crippen molar-refractivity contribution < 1.29 is 5.11 Å². The van der Waals surface area contributed by atoms with Gasteiger partial charge >= 0.3 is 0 Å². The van der Waals surface area contributed by atoms with Gasteiger partial charge in [-0.15, -0.1) is 0 Å². The standard InChI is InChI=1S/C18H22N2O/c1-13(16-7-9-20(2)12-15(16)8-10-21)18-11-14-5-3-4-6-17(14)19-18/h3-6,8,11,16,19,21H,1,7,9-10,12H2,2H3. The minimum atomic E-state index is 0.0969. The van der Waals surface area contributed by atoms with Gasteiger partial charge in [0.25, 0.3) is 0 Å². The zero-order valence-corrected chi connectivity index (χ0v) is 12.5. The molecule has 1 fully saturated rings. The Bertz CT molecular complexity index is 650. The number of likely N-dealkylation sites (N-methyl/N-ethyl adjacent to an activating group) is 1. The van der Waals surface area contributed by atoms with Crippen molar-refractivity contribution in [3.05, 3.63) is 54.3 Å². The van der Waals surface area contributed by atoms with Crippen LogP contribution in [0, 0.1) is 5.92 Å². The molecule has 0 spiro atoms. The number of allylic oxidation sites excluding steroid dienone is 1. The predicted octanol–water partition coefficient (Wildman–Crippen LogP) is 3.05. The lowest BCUT2D eigenvalue weighted by atomic mass is 9.84. The van der Waals surface area contributed by atoms with Crippen molar-refractivity contribution in [2.45, 2.75) is 6.42 Å². The number of fused-ring (bicyclic) bond motifs is 1. The first-order chi connectivity index (χ1) is 10.2. The number of hydrogen-bond acceptors (Lipinski definition) is 2. The summed E-state index contributed by atoms with van der Waals surface area (Å²) in [4.78, 5) is 5.75. The molecular weight excluding hydrogens is 260 g/mol. The van der Waals surface area contributed by atoms with Crippen LogP contribution in [0.25, 0.3) is 16.5 Å². The van der Waals surface area contributed by atoms with E-state index in [1.807, 2.05) is 12.1 Å². The molecule has 110 valence electrons. The lowest BCUT2D eigenvalue weighted by Crippen LogP contribution is -2.33. The fourth-order valence-corrected chi connectivity index (χ4v) is 3.19. The third-order valence-corrected chi connectivity index (χ3v) is 4.35. The molecule has 1 atom stereocenters. The second-order valence-corrected chi connectivity index (χ2v) is 5.84. The number of hydrogen-bond donors (Lipinski definition) is 2. The van der Waals surface area contributed by atoms with Crippen molar-refractivity contribution >= 4 is 16.5 Å². The molecule has 0 radical (unpaired) electrons. The fourth-order valence-electron chi connectivity index (χ4n) is 3.19. The molecule has 2 heterocycles. The Morgan fingerprint density at radius 3 is 3.05 bits per heavy atom. The second kappa shape index (κ2) is 5.88. The largest absolute Gasteiger partial charge is 0.392 e. The van der Waals surface area contributed by atoms with E-state index in [9.17, 15) is 5.11 Å². The summed E-state index contributed by atoms with van der Waals surface area (Å²) >= 11 is 0. The molecule has 0 aliphatic carbocycles. The molecule has 3 heteroatoms. The van der Waals surface area contributed by atoms with E-state index in [2.05, 4.69) is 47.8 Å². The smallest absolute Gasteiger partial charge is 0.0615 e. The van der Waals surface area contributed by atoms with Crippen LogP contribution >= 0.6 is 0 Å². The van der Waals surface area contributed by atoms with E-state index in [1.165, 1.54) is 11.0 Å². The summed E-state index contributed by atoms with van der Waals surface area (Å²) in [7, 11) is 2.12. The monoisotopic (exact) mass is 282 g/mol. The van der Waals surface area contributed by atoms with E-state index in [1.54, 1.807) is 0 Å². The van der Waals surface area contributed by atoms with Crippen LogP contribution in [0.15, 0.2) is 48.6 Å². The van der Waals surface area contributed by atoms with Crippen LogP contribution in [-0.4, -0.2) is 41.7 Å².